The lowest BCUT2D eigenvalue weighted by Gasteiger charge is -2.31. The molecule has 0 saturated carbocycles. The summed E-state index contributed by atoms with van der Waals surface area (Å²) in [5, 5.41) is 18.1. The van der Waals surface area contributed by atoms with Crippen molar-refractivity contribution in [3.63, 3.8) is 0 Å². The van der Waals surface area contributed by atoms with Gasteiger partial charge in [-0.05, 0) is 74.2 Å². The second-order valence-electron chi connectivity index (χ2n) is 10.4. The number of rotatable bonds is 12. The van der Waals surface area contributed by atoms with Crippen molar-refractivity contribution in [1.29, 1.82) is 0 Å². The van der Waals surface area contributed by atoms with Gasteiger partial charge in [0.05, 0.1) is 17.7 Å². The molecule has 42 heavy (non-hydrogen) atoms. The summed E-state index contributed by atoms with van der Waals surface area (Å²) in [7, 11) is -3.54. The van der Waals surface area contributed by atoms with Crippen molar-refractivity contribution in [3.05, 3.63) is 65.7 Å². The largest absolute Gasteiger partial charge is 0.459 e. The standard InChI is InChI=1S/C29H35FN6O5S/c1-2-20-3-6-23(7-4-20)42(39,40)31-11-14-35-12-9-21(10-13-35)18-36-19-26(33-34-36)27-24-17-22(30)5-8-25(24)32-28(27)29(38)41-16-15-37/h3-8,17,19,21,31-32,37H,2,9-16,18H2,1H3. The molecule has 2 aromatic heterocycles. The van der Waals surface area contributed by atoms with E-state index >= 15 is 0 Å². The van der Waals surface area contributed by atoms with Crippen molar-refractivity contribution < 1.29 is 27.4 Å². The molecule has 4 aromatic rings. The number of aryl methyl sites for hydroxylation is 1. The first kappa shape index (κ1) is 29.8. The third-order valence-corrected chi connectivity index (χ3v) is 9.08. The number of hydrogen-bond acceptors (Lipinski definition) is 8. The highest BCUT2D eigenvalue weighted by Gasteiger charge is 2.25. The number of H-pyrrole nitrogens is 1. The van der Waals surface area contributed by atoms with E-state index in [1.54, 1.807) is 29.1 Å². The average molecular weight is 599 g/mol. The molecule has 2 aromatic carbocycles. The summed E-state index contributed by atoms with van der Waals surface area (Å²) in [6.07, 6.45) is 4.43. The van der Waals surface area contributed by atoms with Crippen molar-refractivity contribution in [1.82, 2.24) is 29.6 Å². The molecule has 1 aliphatic rings. The van der Waals surface area contributed by atoms with Crippen molar-refractivity contribution in [3.8, 4) is 11.3 Å². The van der Waals surface area contributed by atoms with Crippen LogP contribution in [-0.2, 0) is 27.7 Å². The van der Waals surface area contributed by atoms with Crippen molar-refractivity contribution >= 4 is 26.9 Å². The van der Waals surface area contributed by atoms with Gasteiger partial charge < -0.3 is 19.7 Å². The summed E-state index contributed by atoms with van der Waals surface area (Å²) >= 11 is 0. The molecular formula is C29H35FN6O5S. The van der Waals surface area contributed by atoms with Gasteiger partial charge in [-0.2, -0.15) is 0 Å². The summed E-state index contributed by atoms with van der Waals surface area (Å²) in [5.74, 6) is -0.774. The minimum atomic E-state index is -3.54. The molecule has 0 bridgehead atoms. The quantitative estimate of drug-likeness (QED) is 0.211. The minimum absolute atomic E-state index is 0.123. The molecule has 1 fully saturated rings. The van der Waals surface area contributed by atoms with Gasteiger partial charge in [0.15, 0.2) is 0 Å². The van der Waals surface area contributed by atoms with E-state index in [9.17, 15) is 17.6 Å². The zero-order chi connectivity index (χ0) is 29.7. The fourth-order valence-electron chi connectivity index (χ4n) is 5.28. The van der Waals surface area contributed by atoms with Gasteiger partial charge in [-0.3, -0.25) is 4.68 Å². The Morgan fingerprint density at radius 1 is 1.19 bits per heavy atom. The Morgan fingerprint density at radius 2 is 1.95 bits per heavy atom. The number of aromatic amines is 1. The number of fused-ring (bicyclic) bond motifs is 1. The molecule has 224 valence electrons. The van der Waals surface area contributed by atoms with Crippen LogP contribution in [0.25, 0.3) is 22.2 Å². The fourth-order valence-corrected chi connectivity index (χ4v) is 6.30. The number of esters is 1. The van der Waals surface area contributed by atoms with Crippen molar-refractivity contribution in [2.24, 2.45) is 5.92 Å². The first-order chi connectivity index (χ1) is 20.3. The highest BCUT2D eigenvalue weighted by molar-refractivity contribution is 7.89. The first-order valence-corrected chi connectivity index (χ1v) is 15.6. The summed E-state index contributed by atoms with van der Waals surface area (Å²) in [6.45, 7) is 4.81. The third kappa shape index (κ3) is 6.86. The Balaban J connectivity index is 1.17. The van der Waals surface area contributed by atoms with Gasteiger partial charge in [0, 0.05) is 36.1 Å². The maximum atomic E-state index is 14.1. The Labute approximate surface area is 243 Å². The van der Waals surface area contributed by atoms with Gasteiger partial charge in [-0.1, -0.05) is 24.3 Å². The maximum absolute atomic E-state index is 14.1. The fraction of sp³-hybridized carbons (Fsp3) is 0.414. The van der Waals surface area contributed by atoms with Crippen LogP contribution in [0.2, 0.25) is 0 Å². The number of aromatic nitrogens is 4. The monoisotopic (exact) mass is 598 g/mol. The lowest BCUT2D eigenvalue weighted by Crippen LogP contribution is -2.40. The van der Waals surface area contributed by atoms with Crippen LogP contribution in [0.3, 0.4) is 0 Å². The lowest BCUT2D eigenvalue weighted by molar-refractivity contribution is 0.0429. The predicted molar refractivity (Wildman–Crippen MR) is 155 cm³/mol. The molecule has 3 heterocycles. The molecular weight excluding hydrogens is 563 g/mol. The number of halogens is 1. The molecule has 0 amide bonds. The number of carbonyl (C=O) groups is 1. The number of ether oxygens (including phenoxy) is 1. The average Bonchev–Trinajstić information content (AvgIpc) is 3.60. The van der Waals surface area contributed by atoms with Crippen molar-refractivity contribution in [2.45, 2.75) is 37.6 Å². The number of nitrogens with one attached hydrogen (secondary N) is 2. The number of piperidine rings is 1. The number of benzene rings is 2. The minimum Gasteiger partial charge on any atom is -0.459 e. The molecule has 0 unspecified atom stereocenters. The molecule has 1 saturated heterocycles. The summed E-state index contributed by atoms with van der Waals surface area (Å²) < 4.78 is 48.8. The van der Waals surface area contributed by atoms with E-state index in [4.69, 9.17) is 9.84 Å². The Morgan fingerprint density at radius 3 is 2.67 bits per heavy atom. The number of aliphatic hydroxyl groups excluding tert-OH is 1. The van der Waals surface area contributed by atoms with Crippen LogP contribution in [0, 0.1) is 11.7 Å². The Kier molecular flexibility index (Phi) is 9.31. The summed E-state index contributed by atoms with van der Waals surface area (Å²) in [4.78, 5) is 18.2. The predicted octanol–water partition coefficient (Wildman–Crippen LogP) is 2.97. The lowest BCUT2D eigenvalue weighted by atomic mass is 9.97. The smallest absolute Gasteiger partial charge is 0.355 e. The van der Waals surface area contributed by atoms with E-state index in [2.05, 4.69) is 24.9 Å². The molecule has 3 N–H and O–H groups in total. The SMILES string of the molecule is CCc1ccc(S(=O)(=O)NCCN2CCC(Cn3cc(-c4c(C(=O)OCCO)[nH]c5ccc(F)cc45)nn3)CC2)cc1. The van der Waals surface area contributed by atoms with Gasteiger partial charge in [-0.25, -0.2) is 22.3 Å². The third-order valence-electron chi connectivity index (χ3n) is 7.60. The van der Waals surface area contributed by atoms with Crippen LogP contribution in [0.1, 0.15) is 35.8 Å². The molecule has 13 heteroatoms. The molecule has 0 atom stereocenters. The van der Waals surface area contributed by atoms with Crippen LogP contribution in [0.15, 0.2) is 53.6 Å². The van der Waals surface area contributed by atoms with E-state index in [0.717, 1.165) is 37.9 Å². The summed E-state index contributed by atoms with van der Waals surface area (Å²) in [5.41, 5.74) is 2.59. The topological polar surface area (TPSA) is 142 Å². The van der Waals surface area contributed by atoms with Crippen LogP contribution in [-0.4, -0.2) is 83.8 Å². The van der Waals surface area contributed by atoms with Gasteiger partial charge in [0.2, 0.25) is 10.0 Å². The molecule has 0 spiro atoms. The second-order valence-corrected chi connectivity index (χ2v) is 12.2. The van der Waals surface area contributed by atoms with Crippen LogP contribution in [0.4, 0.5) is 4.39 Å². The van der Waals surface area contributed by atoms with Crippen LogP contribution >= 0.6 is 0 Å². The normalized spacial score (nSPS) is 14.9. The van der Waals surface area contributed by atoms with Crippen LogP contribution in [0.5, 0.6) is 0 Å². The first-order valence-electron chi connectivity index (χ1n) is 14.1. The maximum Gasteiger partial charge on any atom is 0.355 e. The highest BCUT2D eigenvalue weighted by atomic mass is 32.2. The Hall–Kier alpha value is -3.65. The number of nitrogens with zero attached hydrogens (tertiary/aromatic N) is 4. The Bertz CT molecular complexity index is 1630. The zero-order valence-electron chi connectivity index (χ0n) is 23.4. The van der Waals surface area contributed by atoms with Crippen LogP contribution < -0.4 is 4.72 Å². The second kappa shape index (κ2) is 13.1. The van der Waals surface area contributed by atoms with Crippen molar-refractivity contribution in [2.75, 3.05) is 39.4 Å². The van der Waals surface area contributed by atoms with E-state index in [1.165, 1.54) is 12.1 Å². The highest BCUT2D eigenvalue weighted by Crippen LogP contribution is 2.32. The van der Waals surface area contributed by atoms with Gasteiger partial charge in [0.1, 0.15) is 23.8 Å². The number of carbonyl (C=O) groups excluding carboxylic acids is 1. The molecule has 0 aliphatic carbocycles. The number of hydrogen-bond donors (Lipinski definition) is 3. The zero-order valence-corrected chi connectivity index (χ0v) is 24.2. The molecule has 5 rings (SSSR count). The molecule has 1 aliphatic heterocycles. The van der Waals surface area contributed by atoms with Gasteiger partial charge in [0.25, 0.3) is 0 Å². The number of sulfonamides is 1. The van der Waals surface area contributed by atoms with Gasteiger partial charge in [-0.15, -0.1) is 5.10 Å². The van der Waals surface area contributed by atoms with E-state index in [1.807, 2.05) is 19.1 Å². The molecule has 11 nitrogen and oxygen atoms in total. The van der Waals surface area contributed by atoms with Gasteiger partial charge >= 0.3 is 5.97 Å². The summed E-state index contributed by atoms with van der Waals surface area (Å²) in [6, 6.07) is 11.1. The number of aliphatic hydroxyl groups is 1. The van der Waals surface area contributed by atoms with E-state index in [-0.39, 0.29) is 23.8 Å². The number of likely N-dealkylation sites (tertiary alicyclic amines) is 1. The van der Waals surface area contributed by atoms with E-state index < -0.39 is 21.8 Å². The van der Waals surface area contributed by atoms with E-state index in [0.29, 0.717) is 47.7 Å². The molecule has 0 radical (unpaired) electrons.